The zero-order chi connectivity index (χ0) is 22.5. The maximum absolute atomic E-state index is 13.2. The summed E-state index contributed by atoms with van der Waals surface area (Å²) >= 11 is 0. The predicted octanol–water partition coefficient (Wildman–Crippen LogP) is 5.03. The molecule has 1 N–H and O–H groups in total. The Bertz CT molecular complexity index is 1290. The van der Waals surface area contributed by atoms with Crippen LogP contribution in [0.1, 0.15) is 19.4 Å². The zero-order valence-electron chi connectivity index (χ0n) is 17.8. The zero-order valence-corrected chi connectivity index (χ0v) is 17.8. The third kappa shape index (κ3) is 4.37. The summed E-state index contributed by atoms with van der Waals surface area (Å²) in [7, 11) is 0. The van der Waals surface area contributed by atoms with Crippen LogP contribution in [-0.4, -0.2) is 19.1 Å². The van der Waals surface area contributed by atoms with E-state index < -0.39 is 12.5 Å². The number of furan rings is 1. The minimum Gasteiger partial charge on any atom is -0.492 e. The average molecular weight is 433 g/mol. The summed E-state index contributed by atoms with van der Waals surface area (Å²) in [4.78, 5) is 25.8. The Kier molecular flexibility index (Phi) is 6.26. The number of carbonyl (C=O) groups excluding carboxylic acids is 1. The van der Waals surface area contributed by atoms with Gasteiger partial charge >= 0.3 is 0 Å². The Morgan fingerprint density at radius 1 is 1.03 bits per heavy atom. The molecule has 0 fully saturated rings. The first-order valence-corrected chi connectivity index (χ1v) is 10.4. The van der Waals surface area contributed by atoms with Gasteiger partial charge in [-0.25, -0.2) is 0 Å². The molecule has 0 saturated carbocycles. The molecular weight excluding hydrogens is 410 g/mol. The molecule has 0 atom stereocenters. The van der Waals surface area contributed by atoms with E-state index >= 15 is 0 Å². The first-order valence-electron chi connectivity index (χ1n) is 10.4. The van der Waals surface area contributed by atoms with Gasteiger partial charge in [0.1, 0.15) is 11.3 Å². The number of amides is 1. The molecule has 0 bridgehead atoms. The SMILES string of the molecule is CCOc1ccccc1NC(=O)COc1c(-c2ccco2)oc2ccc(CC)cc2c1=O. The van der Waals surface area contributed by atoms with Gasteiger partial charge in [-0.05, 0) is 55.3 Å². The molecule has 32 heavy (non-hydrogen) atoms. The van der Waals surface area contributed by atoms with E-state index in [0.717, 1.165) is 12.0 Å². The molecule has 0 aliphatic rings. The summed E-state index contributed by atoms with van der Waals surface area (Å²) in [6, 6.07) is 15.9. The molecule has 0 aliphatic carbocycles. The Labute approximate surface area is 184 Å². The van der Waals surface area contributed by atoms with E-state index in [1.807, 2.05) is 26.0 Å². The number of para-hydroxylation sites is 2. The van der Waals surface area contributed by atoms with Crippen LogP contribution < -0.4 is 20.2 Å². The monoisotopic (exact) mass is 433 g/mol. The van der Waals surface area contributed by atoms with Gasteiger partial charge in [0.2, 0.25) is 16.9 Å². The van der Waals surface area contributed by atoms with Gasteiger partial charge < -0.3 is 23.6 Å². The van der Waals surface area contributed by atoms with Gasteiger partial charge in [0.15, 0.2) is 12.4 Å². The quantitative estimate of drug-likeness (QED) is 0.419. The van der Waals surface area contributed by atoms with Crippen molar-refractivity contribution in [2.24, 2.45) is 0 Å². The fourth-order valence-electron chi connectivity index (χ4n) is 3.32. The highest BCUT2D eigenvalue weighted by atomic mass is 16.5. The van der Waals surface area contributed by atoms with E-state index in [4.69, 9.17) is 18.3 Å². The number of benzene rings is 2. The van der Waals surface area contributed by atoms with Crippen LogP contribution in [0.25, 0.3) is 22.5 Å². The minimum atomic E-state index is -0.440. The van der Waals surface area contributed by atoms with Crippen LogP contribution in [0.15, 0.2) is 74.5 Å². The van der Waals surface area contributed by atoms with Crippen molar-refractivity contribution in [2.45, 2.75) is 20.3 Å². The summed E-state index contributed by atoms with van der Waals surface area (Å²) in [5, 5.41) is 3.14. The molecule has 1 amide bonds. The Morgan fingerprint density at radius 3 is 2.62 bits per heavy atom. The number of hydrogen-bond donors (Lipinski definition) is 1. The smallest absolute Gasteiger partial charge is 0.262 e. The third-order valence-corrected chi connectivity index (χ3v) is 4.87. The molecule has 2 aromatic carbocycles. The summed E-state index contributed by atoms with van der Waals surface area (Å²) in [5.41, 5.74) is 1.57. The van der Waals surface area contributed by atoms with Gasteiger partial charge in [-0.2, -0.15) is 0 Å². The van der Waals surface area contributed by atoms with Gasteiger partial charge in [0.25, 0.3) is 5.91 Å². The fraction of sp³-hybridized carbons (Fsp3) is 0.200. The first kappa shape index (κ1) is 21.2. The van der Waals surface area contributed by atoms with Crippen LogP contribution in [0, 0.1) is 0 Å². The molecule has 0 spiro atoms. The second kappa shape index (κ2) is 9.43. The average Bonchev–Trinajstić information content (AvgIpc) is 3.34. The van der Waals surface area contributed by atoms with Gasteiger partial charge in [-0.15, -0.1) is 0 Å². The van der Waals surface area contributed by atoms with Crippen LogP contribution in [0.4, 0.5) is 5.69 Å². The predicted molar refractivity (Wildman–Crippen MR) is 121 cm³/mol. The van der Waals surface area contributed by atoms with Crippen molar-refractivity contribution in [1.82, 2.24) is 0 Å². The lowest BCUT2D eigenvalue weighted by Crippen LogP contribution is -2.23. The van der Waals surface area contributed by atoms with Gasteiger partial charge in [-0.3, -0.25) is 9.59 Å². The summed E-state index contributed by atoms with van der Waals surface area (Å²) < 4.78 is 22.6. The summed E-state index contributed by atoms with van der Waals surface area (Å²) in [5.74, 6) is 0.509. The largest absolute Gasteiger partial charge is 0.492 e. The van der Waals surface area contributed by atoms with Gasteiger partial charge in [0.05, 0.1) is 23.9 Å². The van der Waals surface area contributed by atoms with Crippen molar-refractivity contribution in [3.8, 4) is 23.0 Å². The molecule has 4 aromatic rings. The van der Waals surface area contributed by atoms with Crippen molar-refractivity contribution < 1.29 is 23.1 Å². The molecule has 7 nitrogen and oxygen atoms in total. The van der Waals surface area contributed by atoms with E-state index in [1.165, 1.54) is 6.26 Å². The molecule has 0 unspecified atom stereocenters. The van der Waals surface area contributed by atoms with Crippen LogP contribution in [-0.2, 0) is 11.2 Å². The third-order valence-electron chi connectivity index (χ3n) is 4.87. The van der Waals surface area contributed by atoms with Gasteiger partial charge in [-0.1, -0.05) is 25.1 Å². The highest BCUT2D eigenvalue weighted by Crippen LogP contribution is 2.31. The van der Waals surface area contributed by atoms with E-state index in [2.05, 4.69) is 5.32 Å². The Balaban J connectivity index is 1.64. The van der Waals surface area contributed by atoms with Gasteiger partial charge in [0, 0.05) is 0 Å². The second-order valence-corrected chi connectivity index (χ2v) is 7.02. The molecular formula is C25H23NO6. The lowest BCUT2D eigenvalue weighted by Gasteiger charge is -2.13. The van der Waals surface area contributed by atoms with Crippen LogP contribution in [0.5, 0.6) is 11.5 Å². The topological polar surface area (TPSA) is 90.9 Å². The maximum atomic E-state index is 13.2. The standard InChI is InChI=1S/C25H23NO6/c1-3-16-11-12-19-17(14-16)23(28)25(24(32-19)21-10-7-13-30-21)31-15-22(27)26-18-8-5-6-9-20(18)29-4-2/h5-14H,3-4,15H2,1-2H3,(H,26,27). The highest BCUT2D eigenvalue weighted by molar-refractivity contribution is 5.93. The summed E-state index contributed by atoms with van der Waals surface area (Å²) in [6.45, 7) is 3.94. The number of fused-ring (bicyclic) bond motifs is 1. The van der Waals surface area contributed by atoms with Crippen LogP contribution >= 0.6 is 0 Å². The number of hydrogen-bond acceptors (Lipinski definition) is 6. The second-order valence-electron chi connectivity index (χ2n) is 7.02. The lowest BCUT2D eigenvalue weighted by molar-refractivity contribution is -0.118. The van der Waals surface area contributed by atoms with Crippen molar-refractivity contribution in [2.75, 3.05) is 18.5 Å². The number of rotatable bonds is 8. The van der Waals surface area contributed by atoms with Crippen LogP contribution in [0.2, 0.25) is 0 Å². The first-order chi connectivity index (χ1) is 15.6. The van der Waals surface area contributed by atoms with Crippen molar-refractivity contribution >= 4 is 22.6 Å². The molecule has 7 heteroatoms. The molecule has 0 saturated heterocycles. The molecule has 0 radical (unpaired) electrons. The lowest BCUT2D eigenvalue weighted by atomic mass is 10.1. The highest BCUT2D eigenvalue weighted by Gasteiger charge is 2.21. The fourth-order valence-corrected chi connectivity index (χ4v) is 3.32. The molecule has 2 aromatic heterocycles. The van der Waals surface area contributed by atoms with Crippen LogP contribution in [0.3, 0.4) is 0 Å². The van der Waals surface area contributed by atoms with E-state index in [0.29, 0.717) is 34.8 Å². The Hall–Kier alpha value is -4.00. The maximum Gasteiger partial charge on any atom is 0.262 e. The summed E-state index contributed by atoms with van der Waals surface area (Å²) in [6.07, 6.45) is 2.24. The van der Waals surface area contributed by atoms with Crippen molar-refractivity contribution in [3.63, 3.8) is 0 Å². The molecule has 4 rings (SSSR count). The minimum absolute atomic E-state index is 0.0750. The normalized spacial score (nSPS) is 10.8. The van der Waals surface area contributed by atoms with E-state index in [9.17, 15) is 9.59 Å². The number of aryl methyl sites for hydroxylation is 1. The number of anilines is 1. The van der Waals surface area contributed by atoms with Crippen molar-refractivity contribution in [1.29, 1.82) is 0 Å². The molecule has 164 valence electrons. The van der Waals surface area contributed by atoms with E-state index in [1.54, 1.807) is 42.5 Å². The Morgan fingerprint density at radius 2 is 1.88 bits per heavy atom. The van der Waals surface area contributed by atoms with E-state index in [-0.39, 0.29) is 16.9 Å². The molecule has 2 heterocycles. The number of ether oxygens (including phenoxy) is 2. The number of carbonyl (C=O) groups is 1. The van der Waals surface area contributed by atoms with Crippen molar-refractivity contribution in [3.05, 3.63) is 76.6 Å². The molecule has 0 aliphatic heterocycles. The number of nitrogens with one attached hydrogen (secondary N) is 1.